The second kappa shape index (κ2) is 12.0. The highest BCUT2D eigenvalue weighted by Crippen LogP contribution is 2.25. The number of carbonyl (C=O) groups excluding carboxylic acids is 2. The van der Waals surface area contributed by atoms with Crippen LogP contribution in [0.15, 0.2) is 88.2 Å². The van der Waals surface area contributed by atoms with Crippen molar-refractivity contribution < 1.29 is 18.0 Å². The topological polar surface area (TPSA) is 86.8 Å². The molecule has 0 saturated carbocycles. The minimum atomic E-state index is -4.05. The number of amides is 2. The van der Waals surface area contributed by atoms with Crippen LogP contribution in [-0.4, -0.2) is 44.8 Å². The van der Waals surface area contributed by atoms with Gasteiger partial charge < -0.3 is 10.2 Å². The van der Waals surface area contributed by atoms with Crippen LogP contribution in [0.3, 0.4) is 0 Å². The van der Waals surface area contributed by atoms with Crippen LogP contribution in [0.2, 0.25) is 0 Å². The molecule has 0 radical (unpaired) electrons. The van der Waals surface area contributed by atoms with E-state index in [0.717, 1.165) is 17.9 Å². The van der Waals surface area contributed by atoms with Crippen molar-refractivity contribution in [2.45, 2.75) is 24.4 Å². The van der Waals surface area contributed by atoms with Gasteiger partial charge in [-0.1, -0.05) is 46.3 Å². The second-order valence-corrected chi connectivity index (χ2v) is 11.8. The van der Waals surface area contributed by atoms with E-state index >= 15 is 0 Å². The lowest BCUT2D eigenvalue weighted by Gasteiger charge is -2.31. The average molecular weight is 670 g/mol. The summed E-state index contributed by atoms with van der Waals surface area (Å²) in [6.07, 6.45) is 0. The van der Waals surface area contributed by atoms with E-state index in [1.807, 2.05) is 24.3 Å². The number of hydrogen-bond acceptors (Lipinski definition) is 4. The number of benzene rings is 3. The number of carbonyl (C=O) groups is 2. The fourth-order valence-electron chi connectivity index (χ4n) is 3.43. The van der Waals surface area contributed by atoms with E-state index in [0.29, 0.717) is 5.69 Å². The molecule has 0 aliphatic heterocycles. The van der Waals surface area contributed by atoms with Gasteiger partial charge in [0, 0.05) is 21.6 Å². The number of hydrogen-bond donors (Lipinski definition) is 1. The Kier molecular flexibility index (Phi) is 9.31. The molecule has 0 aliphatic rings. The molecule has 10 heteroatoms. The fourth-order valence-corrected chi connectivity index (χ4v) is 5.49. The van der Waals surface area contributed by atoms with Gasteiger partial charge in [-0.3, -0.25) is 13.9 Å². The first-order valence-electron chi connectivity index (χ1n) is 10.7. The molecule has 0 heterocycles. The standard InChI is InChI=1S/C25H25BrIN3O4S/c1-18(25(32)28-2)29(16-19-8-10-20(26)11-9-19)24(31)17-30(22-14-12-21(27)13-15-22)35(33,34)23-6-4-3-5-7-23/h3-15,18H,16-17H2,1-2H3,(H,28,32)/t18-/m1/s1. The Morgan fingerprint density at radius 2 is 1.57 bits per heavy atom. The predicted molar refractivity (Wildman–Crippen MR) is 148 cm³/mol. The molecule has 3 aromatic rings. The number of nitrogens with one attached hydrogen (secondary N) is 1. The average Bonchev–Trinajstić information content (AvgIpc) is 2.87. The van der Waals surface area contributed by atoms with Crippen molar-refractivity contribution >= 4 is 66.0 Å². The molecule has 7 nitrogen and oxygen atoms in total. The zero-order valence-corrected chi connectivity index (χ0v) is 23.7. The van der Waals surface area contributed by atoms with Crippen molar-refractivity contribution in [3.8, 4) is 0 Å². The van der Waals surface area contributed by atoms with E-state index < -0.39 is 28.5 Å². The maximum Gasteiger partial charge on any atom is 0.264 e. The molecular formula is C25H25BrIN3O4S. The van der Waals surface area contributed by atoms with Gasteiger partial charge >= 0.3 is 0 Å². The Bertz CT molecular complexity index is 1270. The van der Waals surface area contributed by atoms with Gasteiger partial charge in [0.15, 0.2) is 0 Å². The lowest BCUT2D eigenvalue weighted by atomic mass is 10.1. The van der Waals surface area contributed by atoms with Crippen molar-refractivity contribution in [1.29, 1.82) is 0 Å². The summed E-state index contributed by atoms with van der Waals surface area (Å²) in [5.74, 6) is -0.843. The van der Waals surface area contributed by atoms with Gasteiger partial charge in [0.25, 0.3) is 10.0 Å². The maximum absolute atomic E-state index is 13.6. The fraction of sp³-hybridized carbons (Fsp3) is 0.200. The third kappa shape index (κ3) is 6.83. The van der Waals surface area contributed by atoms with Crippen LogP contribution in [0.5, 0.6) is 0 Å². The SMILES string of the molecule is CNC(=O)[C@@H](C)N(Cc1ccc(Br)cc1)C(=O)CN(c1ccc(I)cc1)S(=O)(=O)c1ccccc1. The highest BCUT2D eigenvalue weighted by Gasteiger charge is 2.32. The van der Waals surface area contributed by atoms with Crippen LogP contribution in [0, 0.1) is 3.57 Å². The normalized spacial score (nSPS) is 12.0. The summed E-state index contributed by atoms with van der Waals surface area (Å²) in [4.78, 5) is 27.6. The van der Waals surface area contributed by atoms with Crippen LogP contribution in [0.4, 0.5) is 5.69 Å². The van der Waals surface area contributed by atoms with E-state index in [9.17, 15) is 18.0 Å². The van der Waals surface area contributed by atoms with E-state index in [4.69, 9.17) is 0 Å². The first-order chi connectivity index (χ1) is 16.6. The lowest BCUT2D eigenvalue weighted by Crippen LogP contribution is -2.50. The van der Waals surface area contributed by atoms with Crippen LogP contribution < -0.4 is 9.62 Å². The summed E-state index contributed by atoms with van der Waals surface area (Å²) in [6.45, 7) is 1.30. The Hall–Kier alpha value is -2.44. The molecule has 0 fully saturated rings. The Balaban J connectivity index is 2.00. The Labute approximate surface area is 227 Å². The summed E-state index contributed by atoms with van der Waals surface area (Å²) in [5.41, 5.74) is 1.17. The Morgan fingerprint density at radius 3 is 2.14 bits per heavy atom. The molecule has 0 bridgehead atoms. The molecule has 0 spiro atoms. The molecule has 3 rings (SSSR count). The molecule has 184 valence electrons. The zero-order valence-electron chi connectivity index (χ0n) is 19.2. The number of anilines is 1. The van der Waals surface area contributed by atoms with Gasteiger partial charge in [0.05, 0.1) is 10.6 Å². The number of nitrogens with zero attached hydrogens (tertiary/aromatic N) is 2. The molecule has 0 unspecified atom stereocenters. The third-order valence-electron chi connectivity index (χ3n) is 5.40. The summed E-state index contributed by atoms with van der Waals surface area (Å²) in [6, 6.07) is 21.4. The summed E-state index contributed by atoms with van der Waals surface area (Å²) < 4.78 is 30.1. The van der Waals surface area contributed by atoms with Gasteiger partial charge in [0.1, 0.15) is 12.6 Å². The molecule has 0 aliphatic carbocycles. The van der Waals surface area contributed by atoms with Gasteiger partial charge in [-0.15, -0.1) is 0 Å². The minimum absolute atomic E-state index is 0.0742. The monoisotopic (exact) mass is 669 g/mol. The lowest BCUT2D eigenvalue weighted by molar-refractivity contribution is -0.139. The molecule has 2 amide bonds. The smallest absolute Gasteiger partial charge is 0.264 e. The molecule has 35 heavy (non-hydrogen) atoms. The van der Waals surface area contributed by atoms with Crippen LogP contribution in [-0.2, 0) is 26.2 Å². The second-order valence-electron chi connectivity index (χ2n) is 7.74. The largest absolute Gasteiger partial charge is 0.357 e. The van der Waals surface area contributed by atoms with Gasteiger partial charge in [0.2, 0.25) is 11.8 Å². The number of likely N-dealkylation sites (N-methyl/N-ethyl adjacent to an activating group) is 1. The number of rotatable bonds is 9. The highest BCUT2D eigenvalue weighted by atomic mass is 127. The van der Waals surface area contributed by atoms with Crippen LogP contribution in [0.25, 0.3) is 0 Å². The molecule has 0 aromatic heterocycles. The number of sulfonamides is 1. The number of halogens is 2. The van der Waals surface area contributed by atoms with Crippen LogP contribution in [0.1, 0.15) is 12.5 Å². The quantitative estimate of drug-likeness (QED) is 0.342. The molecular weight excluding hydrogens is 645 g/mol. The highest BCUT2D eigenvalue weighted by molar-refractivity contribution is 14.1. The van der Waals surface area contributed by atoms with Crippen molar-refractivity contribution in [3.05, 3.63) is 92.5 Å². The predicted octanol–water partition coefficient (Wildman–Crippen LogP) is 4.41. The zero-order chi connectivity index (χ0) is 25.6. The maximum atomic E-state index is 13.6. The van der Waals surface area contributed by atoms with Crippen LogP contribution >= 0.6 is 38.5 Å². The molecule has 1 atom stereocenters. The molecule has 3 aromatic carbocycles. The summed E-state index contributed by atoms with van der Waals surface area (Å²) in [7, 11) is -2.55. The Morgan fingerprint density at radius 1 is 0.971 bits per heavy atom. The molecule has 0 saturated heterocycles. The summed E-state index contributed by atoms with van der Waals surface area (Å²) in [5, 5.41) is 2.57. The summed E-state index contributed by atoms with van der Waals surface area (Å²) >= 11 is 5.53. The van der Waals surface area contributed by atoms with E-state index in [1.165, 1.54) is 24.1 Å². The van der Waals surface area contributed by atoms with Gasteiger partial charge in [-0.25, -0.2) is 8.42 Å². The van der Waals surface area contributed by atoms with E-state index in [-0.39, 0.29) is 17.3 Å². The minimum Gasteiger partial charge on any atom is -0.357 e. The molecule has 1 N–H and O–H groups in total. The van der Waals surface area contributed by atoms with E-state index in [2.05, 4.69) is 43.8 Å². The van der Waals surface area contributed by atoms with Gasteiger partial charge in [-0.2, -0.15) is 0 Å². The first kappa shape index (κ1) is 27.2. The van der Waals surface area contributed by atoms with Crippen molar-refractivity contribution in [3.63, 3.8) is 0 Å². The van der Waals surface area contributed by atoms with Crippen molar-refractivity contribution in [2.75, 3.05) is 17.9 Å². The van der Waals surface area contributed by atoms with Crippen molar-refractivity contribution in [1.82, 2.24) is 10.2 Å². The van der Waals surface area contributed by atoms with Crippen molar-refractivity contribution in [2.24, 2.45) is 0 Å². The third-order valence-corrected chi connectivity index (χ3v) is 8.44. The first-order valence-corrected chi connectivity index (χ1v) is 14.0. The van der Waals surface area contributed by atoms with E-state index in [1.54, 1.807) is 49.4 Å². The van der Waals surface area contributed by atoms with Gasteiger partial charge in [-0.05, 0) is 83.6 Å².